The first-order valence-electron chi connectivity index (χ1n) is 9.47. The molecule has 0 radical (unpaired) electrons. The third kappa shape index (κ3) is 6.15. The first kappa shape index (κ1) is 21.0. The van der Waals surface area contributed by atoms with E-state index in [4.69, 9.17) is 14.2 Å². The first-order chi connectivity index (χ1) is 14.7. The molecule has 0 saturated carbocycles. The average molecular weight is 402 g/mol. The topological polar surface area (TPSA) is 61.8 Å². The molecule has 3 aromatic carbocycles. The normalized spacial score (nSPS) is 10.7. The van der Waals surface area contributed by atoms with Crippen molar-refractivity contribution in [3.63, 3.8) is 0 Å². The second-order valence-corrected chi connectivity index (χ2v) is 6.39. The summed E-state index contributed by atoms with van der Waals surface area (Å²) < 4.78 is 15.8. The van der Waals surface area contributed by atoms with Crippen molar-refractivity contribution in [1.29, 1.82) is 0 Å². The summed E-state index contributed by atoms with van der Waals surface area (Å²) in [6.07, 6.45) is 3.25. The molecule has 0 atom stereocenters. The predicted octanol–water partition coefficient (Wildman–Crippen LogP) is 4.83. The molecule has 0 aliphatic carbocycles. The Hall–Kier alpha value is -3.70. The van der Waals surface area contributed by atoms with Crippen molar-refractivity contribution in [3.05, 3.63) is 102 Å². The number of hydrogen-bond acceptors (Lipinski definition) is 5. The first-order valence-corrected chi connectivity index (χ1v) is 9.47. The molecule has 152 valence electrons. The maximum absolute atomic E-state index is 12.3. The van der Waals surface area contributed by atoms with Crippen molar-refractivity contribution in [2.45, 2.75) is 0 Å². The van der Waals surface area contributed by atoms with Crippen LogP contribution in [0.3, 0.4) is 0 Å². The van der Waals surface area contributed by atoms with Crippen LogP contribution in [0.2, 0.25) is 0 Å². The van der Waals surface area contributed by atoms with Gasteiger partial charge in [-0.15, -0.1) is 0 Å². The lowest BCUT2D eigenvalue weighted by Gasteiger charge is -2.07. The largest absolute Gasteiger partial charge is 0.491 e. The summed E-state index contributed by atoms with van der Waals surface area (Å²) in [5.41, 5.74) is 1.89. The van der Waals surface area contributed by atoms with Crippen molar-refractivity contribution in [2.24, 2.45) is 0 Å². The van der Waals surface area contributed by atoms with Crippen molar-refractivity contribution < 1.29 is 23.8 Å². The molecular weight excluding hydrogens is 380 g/mol. The molecule has 0 unspecified atom stereocenters. The van der Waals surface area contributed by atoms with Crippen molar-refractivity contribution in [3.8, 4) is 11.5 Å². The lowest BCUT2D eigenvalue weighted by Crippen LogP contribution is -2.09. The highest BCUT2D eigenvalue weighted by molar-refractivity contribution is 6.06. The second-order valence-electron chi connectivity index (χ2n) is 6.39. The van der Waals surface area contributed by atoms with E-state index in [1.165, 1.54) is 6.08 Å². The van der Waals surface area contributed by atoms with Crippen LogP contribution in [0.5, 0.6) is 11.5 Å². The van der Waals surface area contributed by atoms with Crippen LogP contribution < -0.4 is 9.47 Å². The number of hydrogen-bond donors (Lipinski definition) is 0. The van der Waals surface area contributed by atoms with Crippen LogP contribution in [-0.2, 0) is 4.74 Å². The molecule has 5 heteroatoms. The van der Waals surface area contributed by atoms with Gasteiger partial charge in [0.2, 0.25) is 0 Å². The highest BCUT2D eigenvalue weighted by Crippen LogP contribution is 2.17. The lowest BCUT2D eigenvalue weighted by atomic mass is 10.1. The van der Waals surface area contributed by atoms with Gasteiger partial charge in [-0.05, 0) is 48.0 Å². The van der Waals surface area contributed by atoms with Gasteiger partial charge in [0.25, 0.3) is 0 Å². The van der Waals surface area contributed by atoms with Crippen molar-refractivity contribution in [1.82, 2.24) is 0 Å². The number of benzene rings is 3. The molecule has 0 aliphatic rings. The number of carbonyl (C=O) groups is 2. The zero-order valence-corrected chi connectivity index (χ0v) is 16.6. The minimum atomic E-state index is -0.457. The smallest absolute Gasteiger partial charge is 0.343 e. The molecule has 0 saturated heterocycles. The van der Waals surface area contributed by atoms with Gasteiger partial charge in [-0.1, -0.05) is 48.5 Å². The summed E-state index contributed by atoms with van der Waals surface area (Å²) in [4.78, 5) is 24.4. The zero-order chi connectivity index (χ0) is 21.2. The van der Waals surface area contributed by atoms with Crippen molar-refractivity contribution in [2.75, 3.05) is 20.3 Å². The molecule has 0 fully saturated rings. The number of ketones is 1. The molecule has 3 aromatic rings. The Labute approximate surface area is 175 Å². The maximum Gasteiger partial charge on any atom is 0.343 e. The molecule has 0 spiro atoms. The van der Waals surface area contributed by atoms with Gasteiger partial charge in [0.05, 0.1) is 12.2 Å². The molecule has 0 bridgehead atoms. The Kier molecular flexibility index (Phi) is 7.52. The highest BCUT2D eigenvalue weighted by Gasteiger charge is 2.09. The van der Waals surface area contributed by atoms with Gasteiger partial charge in [0.15, 0.2) is 5.78 Å². The third-order valence-electron chi connectivity index (χ3n) is 4.22. The Bertz CT molecular complexity index is 990. The van der Waals surface area contributed by atoms with Gasteiger partial charge in [-0.3, -0.25) is 4.79 Å². The molecule has 0 aromatic heterocycles. The fourth-order valence-corrected chi connectivity index (χ4v) is 2.61. The Morgan fingerprint density at radius 3 is 2.10 bits per heavy atom. The molecule has 0 heterocycles. The van der Waals surface area contributed by atoms with Gasteiger partial charge in [0.1, 0.15) is 18.1 Å². The predicted molar refractivity (Wildman–Crippen MR) is 115 cm³/mol. The van der Waals surface area contributed by atoms with E-state index >= 15 is 0 Å². The zero-order valence-electron chi connectivity index (χ0n) is 16.6. The molecule has 5 nitrogen and oxygen atoms in total. The molecule has 30 heavy (non-hydrogen) atoms. The average Bonchev–Trinajstić information content (AvgIpc) is 2.79. The van der Waals surface area contributed by atoms with E-state index in [1.807, 2.05) is 18.2 Å². The van der Waals surface area contributed by atoms with Gasteiger partial charge in [-0.25, -0.2) is 4.79 Å². The maximum atomic E-state index is 12.3. The van der Waals surface area contributed by atoms with E-state index in [-0.39, 0.29) is 5.78 Å². The van der Waals surface area contributed by atoms with Crippen LogP contribution in [0, 0.1) is 0 Å². The summed E-state index contributed by atoms with van der Waals surface area (Å²) in [5, 5.41) is 0. The summed E-state index contributed by atoms with van der Waals surface area (Å²) in [6, 6.07) is 22.7. The molecule has 0 N–H and O–H groups in total. The van der Waals surface area contributed by atoms with Gasteiger partial charge in [-0.2, -0.15) is 0 Å². The van der Waals surface area contributed by atoms with Crippen LogP contribution in [0.1, 0.15) is 26.3 Å². The minimum Gasteiger partial charge on any atom is -0.491 e. The number of ether oxygens (including phenoxy) is 3. The standard InChI is InChI=1S/C25H22O5/c1-28-17-18-29-22-14-10-21(11-15-22)25(27)30-23-12-7-19(8-13-23)9-16-24(26)20-5-3-2-4-6-20/h2-16H,17-18H2,1H3/b16-9+. The monoisotopic (exact) mass is 402 g/mol. The van der Waals surface area contributed by atoms with E-state index in [9.17, 15) is 9.59 Å². The molecule has 0 aliphatic heterocycles. The fraction of sp³-hybridized carbons (Fsp3) is 0.120. The third-order valence-corrected chi connectivity index (χ3v) is 4.22. The van der Waals surface area contributed by atoms with E-state index < -0.39 is 5.97 Å². The summed E-state index contributed by atoms with van der Waals surface area (Å²) in [5.74, 6) is 0.554. The van der Waals surface area contributed by atoms with Crippen LogP contribution in [0.15, 0.2) is 84.9 Å². The molecule has 0 amide bonds. The number of methoxy groups -OCH3 is 1. The second kappa shape index (κ2) is 10.7. The lowest BCUT2D eigenvalue weighted by molar-refractivity contribution is 0.0734. The van der Waals surface area contributed by atoms with Crippen molar-refractivity contribution >= 4 is 17.8 Å². The Morgan fingerprint density at radius 2 is 1.43 bits per heavy atom. The summed E-state index contributed by atoms with van der Waals surface area (Å²) >= 11 is 0. The van der Waals surface area contributed by atoms with Crippen LogP contribution in [0.4, 0.5) is 0 Å². The molecular formula is C25H22O5. The van der Waals surface area contributed by atoms with E-state index in [2.05, 4.69) is 0 Å². The fourth-order valence-electron chi connectivity index (χ4n) is 2.61. The Balaban J connectivity index is 1.55. The van der Waals surface area contributed by atoms with Gasteiger partial charge < -0.3 is 14.2 Å². The Morgan fingerprint density at radius 1 is 0.767 bits per heavy atom. The van der Waals surface area contributed by atoms with Gasteiger partial charge in [0, 0.05) is 12.7 Å². The van der Waals surface area contributed by atoms with Gasteiger partial charge >= 0.3 is 5.97 Å². The quantitative estimate of drug-likeness (QED) is 0.169. The number of allylic oxidation sites excluding steroid dienone is 1. The van der Waals surface area contributed by atoms with E-state index in [0.717, 1.165) is 5.56 Å². The van der Waals surface area contributed by atoms with Crippen LogP contribution in [0.25, 0.3) is 6.08 Å². The number of carbonyl (C=O) groups excluding carboxylic acids is 2. The van der Waals surface area contributed by atoms with E-state index in [1.54, 1.807) is 73.8 Å². The highest BCUT2D eigenvalue weighted by atomic mass is 16.5. The number of esters is 1. The molecule has 3 rings (SSSR count). The van der Waals surface area contributed by atoms with E-state index in [0.29, 0.717) is 35.8 Å². The van der Waals surface area contributed by atoms with Crippen LogP contribution >= 0.6 is 0 Å². The minimum absolute atomic E-state index is 0.0687. The summed E-state index contributed by atoms with van der Waals surface area (Å²) in [7, 11) is 1.61. The number of rotatable bonds is 9. The van der Waals surface area contributed by atoms with Crippen LogP contribution in [-0.4, -0.2) is 32.1 Å². The summed E-state index contributed by atoms with van der Waals surface area (Å²) in [6.45, 7) is 0.938. The SMILES string of the molecule is COCCOc1ccc(C(=O)Oc2ccc(/C=C/C(=O)c3ccccc3)cc2)cc1.